The number of likely N-dealkylation sites (N-methyl/N-ethyl adjacent to an activating group) is 1. The summed E-state index contributed by atoms with van der Waals surface area (Å²) in [6.07, 6.45) is 9.49. The van der Waals surface area contributed by atoms with Crippen LogP contribution in [0.4, 0.5) is 0 Å². The minimum atomic E-state index is -0.874. The van der Waals surface area contributed by atoms with E-state index in [1.165, 1.54) is 0 Å². The summed E-state index contributed by atoms with van der Waals surface area (Å²) >= 11 is 1.59. The van der Waals surface area contributed by atoms with Gasteiger partial charge in [-0.2, -0.15) is 0 Å². The molecule has 4 aliphatic heterocycles. The Morgan fingerprint density at radius 2 is 1.67 bits per heavy atom. The first kappa shape index (κ1) is 27.2. The zero-order valence-corrected chi connectivity index (χ0v) is 23.9. The molecule has 0 saturated carbocycles. The average Bonchev–Trinajstić information content (AvgIpc) is 3.02. The van der Waals surface area contributed by atoms with Gasteiger partial charge in [-0.1, -0.05) is 52.0 Å². The van der Waals surface area contributed by atoms with Crippen molar-refractivity contribution < 1.29 is 19.5 Å². The molecule has 8 heteroatoms. The highest BCUT2D eigenvalue weighted by atomic mass is 32.2. The van der Waals surface area contributed by atoms with Crippen LogP contribution >= 0.6 is 11.8 Å². The Balaban J connectivity index is 1.89. The van der Waals surface area contributed by atoms with Gasteiger partial charge >= 0.3 is 0 Å². The predicted octanol–water partition coefficient (Wildman–Crippen LogP) is 3.09. The van der Waals surface area contributed by atoms with Crippen LogP contribution in [0.25, 0.3) is 0 Å². The van der Waals surface area contributed by atoms with Gasteiger partial charge in [-0.15, -0.1) is 11.8 Å². The van der Waals surface area contributed by atoms with Crippen molar-refractivity contribution in [3.63, 3.8) is 0 Å². The second-order valence-corrected chi connectivity index (χ2v) is 14.8. The average molecular weight is 518 g/mol. The molecule has 6 atom stereocenters. The topological polar surface area (TPSA) is 81.2 Å². The van der Waals surface area contributed by atoms with Crippen molar-refractivity contribution >= 4 is 29.5 Å². The number of hydrogen-bond acceptors (Lipinski definition) is 5. The number of thioether (sulfide) groups is 1. The highest BCUT2D eigenvalue weighted by Gasteiger charge is 2.74. The van der Waals surface area contributed by atoms with Crippen LogP contribution in [0, 0.1) is 17.3 Å². The summed E-state index contributed by atoms with van der Waals surface area (Å²) in [6.45, 7) is 15.4. The molecule has 0 bridgehead atoms. The van der Waals surface area contributed by atoms with E-state index in [0.717, 1.165) is 6.42 Å². The van der Waals surface area contributed by atoms with Gasteiger partial charge in [0.2, 0.25) is 17.7 Å². The third kappa shape index (κ3) is 4.03. The van der Waals surface area contributed by atoms with Gasteiger partial charge in [0, 0.05) is 30.4 Å². The van der Waals surface area contributed by atoms with E-state index in [1.807, 2.05) is 30.9 Å². The van der Waals surface area contributed by atoms with E-state index in [9.17, 15) is 19.5 Å². The Bertz CT molecular complexity index is 997. The van der Waals surface area contributed by atoms with E-state index in [1.54, 1.807) is 28.6 Å². The molecule has 0 aromatic heterocycles. The van der Waals surface area contributed by atoms with Gasteiger partial charge in [-0.25, -0.2) is 0 Å². The van der Waals surface area contributed by atoms with Crippen molar-refractivity contribution in [2.45, 2.75) is 88.4 Å². The second kappa shape index (κ2) is 8.90. The quantitative estimate of drug-likeness (QED) is 0.567. The van der Waals surface area contributed by atoms with Crippen LogP contribution in [0.2, 0.25) is 0 Å². The molecule has 1 N–H and O–H groups in total. The first-order valence-corrected chi connectivity index (χ1v) is 14.0. The summed E-state index contributed by atoms with van der Waals surface area (Å²) in [5.74, 6) is -1.57. The molecule has 4 heterocycles. The molecule has 7 nitrogen and oxygen atoms in total. The molecule has 36 heavy (non-hydrogen) atoms. The summed E-state index contributed by atoms with van der Waals surface area (Å²) in [5, 5.41) is 10.3. The molecule has 0 aromatic carbocycles. The maximum Gasteiger partial charge on any atom is 0.247 e. The van der Waals surface area contributed by atoms with Gasteiger partial charge in [0.1, 0.15) is 6.04 Å². The predicted molar refractivity (Wildman–Crippen MR) is 143 cm³/mol. The lowest BCUT2D eigenvalue weighted by Gasteiger charge is -2.45. The highest BCUT2D eigenvalue weighted by molar-refractivity contribution is 8.02. The third-order valence-electron chi connectivity index (χ3n) is 8.47. The number of rotatable bonds is 5. The molecule has 4 aliphatic rings. The van der Waals surface area contributed by atoms with Crippen LogP contribution in [0.1, 0.15) is 61.3 Å². The van der Waals surface area contributed by atoms with Crippen LogP contribution in [-0.4, -0.2) is 91.4 Å². The van der Waals surface area contributed by atoms with Gasteiger partial charge < -0.3 is 19.8 Å². The Morgan fingerprint density at radius 3 is 2.25 bits per heavy atom. The summed E-state index contributed by atoms with van der Waals surface area (Å²) < 4.78 is -1.48. The molecule has 0 aromatic rings. The second-order valence-electron chi connectivity index (χ2n) is 13.0. The van der Waals surface area contributed by atoms with Gasteiger partial charge in [-0.05, 0) is 39.0 Å². The summed E-state index contributed by atoms with van der Waals surface area (Å²) in [5.41, 5.74) is -0.431. The van der Waals surface area contributed by atoms with Crippen molar-refractivity contribution in [3.05, 3.63) is 24.3 Å². The Labute approximate surface area is 220 Å². The van der Waals surface area contributed by atoms with Crippen molar-refractivity contribution in [2.75, 3.05) is 26.7 Å². The van der Waals surface area contributed by atoms with Crippen molar-refractivity contribution in [1.29, 1.82) is 0 Å². The molecule has 3 amide bonds. The van der Waals surface area contributed by atoms with Crippen LogP contribution in [0.15, 0.2) is 24.3 Å². The fourth-order valence-corrected chi connectivity index (χ4v) is 9.47. The Morgan fingerprint density at radius 1 is 1.03 bits per heavy atom. The van der Waals surface area contributed by atoms with Crippen LogP contribution in [-0.2, 0) is 14.4 Å². The zero-order valence-electron chi connectivity index (χ0n) is 23.1. The number of hydrogen-bond donors (Lipinski definition) is 1. The van der Waals surface area contributed by atoms with E-state index < -0.39 is 39.0 Å². The van der Waals surface area contributed by atoms with Crippen molar-refractivity contribution in [2.24, 2.45) is 17.3 Å². The molecular formula is C28H43N3O4S. The Hall–Kier alpha value is -1.80. The first-order valence-electron chi connectivity index (χ1n) is 13.2. The van der Waals surface area contributed by atoms with Crippen molar-refractivity contribution in [3.8, 4) is 0 Å². The zero-order chi connectivity index (χ0) is 26.8. The lowest BCUT2D eigenvalue weighted by Crippen LogP contribution is -2.60. The van der Waals surface area contributed by atoms with Crippen LogP contribution in [0.5, 0.6) is 0 Å². The Kier molecular flexibility index (Phi) is 6.73. The number of aliphatic hydroxyl groups excluding tert-OH is 1. The van der Waals surface area contributed by atoms with E-state index in [4.69, 9.17) is 0 Å². The normalized spacial score (nSPS) is 35.5. The van der Waals surface area contributed by atoms with E-state index in [2.05, 4.69) is 46.8 Å². The number of nitrogens with zero attached hydrogens (tertiary/aromatic N) is 3. The number of amides is 3. The lowest BCUT2D eigenvalue weighted by atomic mass is 9.74. The number of fused-ring (bicyclic) bond motifs is 2. The molecule has 2 saturated heterocycles. The van der Waals surface area contributed by atoms with Gasteiger partial charge in [0.15, 0.2) is 0 Å². The summed E-state index contributed by atoms with van der Waals surface area (Å²) in [6, 6.07) is -1.25. The minimum Gasteiger partial charge on any atom is -0.394 e. The van der Waals surface area contributed by atoms with E-state index in [0.29, 0.717) is 19.5 Å². The molecule has 1 spiro atoms. The largest absolute Gasteiger partial charge is 0.394 e. The number of carbonyl (C=O) groups excluding carboxylic acids is 3. The van der Waals surface area contributed by atoms with Crippen LogP contribution < -0.4 is 0 Å². The standard InChI is InChI=1S/C28H43N3O4S/c1-9-18(16-32)31-21-24(35)30(26(5,6)17-25(2,3)4)15-11-13-28(21)20(23(31)34)19-22(33)29(8)14-10-12-27(19,7)36-28/h10-13,18-21,32H,9,14-17H2,1-8H3/t18-,19-,20-,21?,27+,28-/m0/s1. The molecular weight excluding hydrogens is 474 g/mol. The fourth-order valence-electron chi connectivity index (χ4n) is 7.33. The number of likely N-dealkylation sites (tertiary alicyclic amines) is 1. The maximum absolute atomic E-state index is 14.6. The summed E-state index contributed by atoms with van der Waals surface area (Å²) in [4.78, 5) is 47.8. The summed E-state index contributed by atoms with van der Waals surface area (Å²) in [7, 11) is 1.77. The molecule has 200 valence electrons. The first-order chi connectivity index (χ1) is 16.6. The molecule has 4 rings (SSSR count). The lowest BCUT2D eigenvalue weighted by molar-refractivity contribution is -0.149. The molecule has 0 aliphatic carbocycles. The number of aliphatic hydroxyl groups is 1. The smallest absolute Gasteiger partial charge is 0.247 e. The monoisotopic (exact) mass is 517 g/mol. The van der Waals surface area contributed by atoms with Gasteiger partial charge in [-0.3, -0.25) is 14.4 Å². The SMILES string of the molecule is CC[C@@H](CO)N1C(=O)[C@@H]2[C@H]3C(=O)N(C)CC=C[C@@]3(C)S[C@@]23C=CCN(C(C)(C)CC(C)(C)C)C(=O)C13. The highest BCUT2D eigenvalue weighted by Crippen LogP contribution is 2.66. The molecule has 0 radical (unpaired) electrons. The molecule has 1 unspecified atom stereocenters. The van der Waals surface area contributed by atoms with E-state index in [-0.39, 0.29) is 29.7 Å². The minimum absolute atomic E-state index is 0.00678. The molecule has 2 fully saturated rings. The van der Waals surface area contributed by atoms with Gasteiger partial charge in [0.05, 0.1) is 29.2 Å². The van der Waals surface area contributed by atoms with E-state index >= 15 is 0 Å². The van der Waals surface area contributed by atoms with Crippen molar-refractivity contribution in [1.82, 2.24) is 14.7 Å². The maximum atomic E-state index is 14.6. The van der Waals surface area contributed by atoms with Crippen LogP contribution in [0.3, 0.4) is 0 Å². The fraction of sp³-hybridized carbons (Fsp3) is 0.750. The third-order valence-corrected chi connectivity index (χ3v) is 10.3. The number of carbonyl (C=O) groups is 3. The van der Waals surface area contributed by atoms with Gasteiger partial charge in [0.25, 0.3) is 0 Å².